The minimum Gasteiger partial charge on any atom is -0.469 e. The number of esters is 1. The number of alkyl carbamates (subject to hydrolysis) is 1. The standard InChI is InChI=1S/C17H23NO6S/c1-16(2,3)24-15(20)18-17(10-12(11-17)14(19)23-4)25(21,22)13-8-6-5-7-9-13/h5-9,12H,10-11H2,1-4H3,(H,18,20). The van der Waals surface area contributed by atoms with Crippen LogP contribution in [0.5, 0.6) is 0 Å². The van der Waals surface area contributed by atoms with Gasteiger partial charge in [0.2, 0.25) is 9.84 Å². The molecule has 25 heavy (non-hydrogen) atoms. The van der Waals surface area contributed by atoms with Crippen LogP contribution in [0.4, 0.5) is 4.79 Å². The number of hydrogen-bond donors (Lipinski definition) is 1. The molecule has 2 rings (SSSR count). The highest BCUT2D eigenvalue weighted by Gasteiger charge is 2.58. The first-order chi connectivity index (χ1) is 11.5. The monoisotopic (exact) mass is 369 g/mol. The highest BCUT2D eigenvalue weighted by molar-refractivity contribution is 7.92. The molecule has 1 aliphatic rings. The van der Waals surface area contributed by atoms with E-state index < -0.39 is 38.3 Å². The summed E-state index contributed by atoms with van der Waals surface area (Å²) in [6.07, 6.45) is -0.956. The smallest absolute Gasteiger partial charge is 0.408 e. The lowest BCUT2D eigenvalue weighted by Crippen LogP contribution is -2.64. The Labute approximate surface area is 147 Å². The van der Waals surface area contributed by atoms with E-state index in [1.54, 1.807) is 39.0 Å². The third kappa shape index (κ3) is 3.95. The fraction of sp³-hybridized carbons (Fsp3) is 0.529. The summed E-state index contributed by atoms with van der Waals surface area (Å²) in [7, 11) is -2.66. The van der Waals surface area contributed by atoms with E-state index in [0.717, 1.165) is 0 Å². The molecule has 0 saturated heterocycles. The number of hydrogen-bond acceptors (Lipinski definition) is 6. The Kier molecular flexibility index (Phi) is 5.13. The molecule has 0 radical (unpaired) electrons. The van der Waals surface area contributed by atoms with Gasteiger partial charge in [0.15, 0.2) is 4.87 Å². The van der Waals surface area contributed by atoms with Crippen molar-refractivity contribution >= 4 is 21.9 Å². The first-order valence-electron chi connectivity index (χ1n) is 7.89. The molecule has 7 nitrogen and oxygen atoms in total. The zero-order chi connectivity index (χ0) is 18.9. The maximum Gasteiger partial charge on any atom is 0.408 e. The van der Waals surface area contributed by atoms with Crippen LogP contribution in [0, 0.1) is 5.92 Å². The molecule has 0 aliphatic heterocycles. The number of carbonyl (C=O) groups excluding carboxylic acids is 2. The van der Waals surface area contributed by atoms with Crippen molar-refractivity contribution in [2.45, 2.75) is 49.0 Å². The van der Waals surface area contributed by atoms with Crippen molar-refractivity contribution in [1.82, 2.24) is 5.32 Å². The second kappa shape index (κ2) is 6.67. The van der Waals surface area contributed by atoms with Crippen LogP contribution in [-0.4, -0.2) is 38.1 Å². The Hall–Kier alpha value is -2.09. The molecule has 1 aliphatic carbocycles. The Morgan fingerprint density at radius 1 is 1.16 bits per heavy atom. The van der Waals surface area contributed by atoms with Crippen molar-refractivity contribution in [1.29, 1.82) is 0 Å². The fourth-order valence-electron chi connectivity index (χ4n) is 2.77. The van der Waals surface area contributed by atoms with Gasteiger partial charge >= 0.3 is 12.1 Å². The number of ether oxygens (including phenoxy) is 2. The summed E-state index contributed by atoms with van der Waals surface area (Å²) in [6.45, 7) is 5.05. The van der Waals surface area contributed by atoms with Gasteiger partial charge in [0.1, 0.15) is 5.60 Å². The van der Waals surface area contributed by atoms with E-state index in [-0.39, 0.29) is 17.7 Å². The van der Waals surface area contributed by atoms with Crippen LogP contribution in [-0.2, 0) is 24.1 Å². The maximum absolute atomic E-state index is 13.1. The lowest BCUT2D eigenvalue weighted by Gasteiger charge is -2.45. The Balaban J connectivity index is 2.32. The number of carbonyl (C=O) groups is 2. The molecule has 1 fully saturated rings. The zero-order valence-corrected chi connectivity index (χ0v) is 15.6. The van der Waals surface area contributed by atoms with Crippen LogP contribution < -0.4 is 5.32 Å². The molecule has 1 N–H and O–H groups in total. The molecule has 1 aromatic carbocycles. The molecule has 0 heterocycles. The Bertz CT molecular complexity index is 745. The number of rotatable bonds is 4. The number of amides is 1. The third-order valence-corrected chi connectivity index (χ3v) is 6.34. The molecule has 0 bridgehead atoms. The number of nitrogens with one attached hydrogen (secondary N) is 1. The van der Waals surface area contributed by atoms with Gasteiger partial charge in [-0.15, -0.1) is 0 Å². The average molecular weight is 369 g/mol. The van der Waals surface area contributed by atoms with Crippen LogP contribution in [0.25, 0.3) is 0 Å². The van der Waals surface area contributed by atoms with Gasteiger partial charge in [-0.3, -0.25) is 4.79 Å². The van der Waals surface area contributed by atoms with Crippen LogP contribution in [0.15, 0.2) is 35.2 Å². The predicted molar refractivity (Wildman–Crippen MR) is 90.5 cm³/mol. The predicted octanol–water partition coefficient (Wildman–Crippen LogP) is 2.26. The van der Waals surface area contributed by atoms with Crippen LogP contribution in [0.1, 0.15) is 33.6 Å². The Morgan fingerprint density at radius 3 is 2.20 bits per heavy atom. The van der Waals surface area contributed by atoms with E-state index in [9.17, 15) is 18.0 Å². The average Bonchev–Trinajstić information content (AvgIpc) is 2.48. The van der Waals surface area contributed by atoms with Crippen molar-refractivity contribution in [3.63, 3.8) is 0 Å². The van der Waals surface area contributed by atoms with Crippen molar-refractivity contribution in [2.24, 2.45) is 5.92 Å². The molecular formula is C17H23NO6S. The molecular weight excluding hydrogens is 346 g/mol. The van der Waals surface area contributed by atoms with Crippen LogP contribution in [0.2, 0.25) is 0 Å². The number of sulfone groups is 1. The van der Waals surface area contributed by atoms with Gasteiger partial charge in [0, 0.05) is 0 Å². The van der Waals surface area contributed by atoms with Gasteiger partial charge in [-0.2, -0.15) is 0 Å². The van der Waals surface area contributed by atoms with Gasteiger partial charge < -0.3 is 14.8 Å². The lowest BCUT2D eigenvalue weighted by atomic mass is 9.79. The van der Waals surface area contributed by atoms with Crippen molar-refractivity contribution in [3.8, 4) is 0 Å². The molecule has 8 heteroatoms. The summed E-state index contributed by atoms with van der Waals surface area (Å²) in [6, 6.07) is 7.82. The summed E-state index contributed by atoms with van der Waals surface area (Å²) >= 11 is 0. The second-order valence-electron chi connectivity index (χ2n) is 7.07. The highest BCUT2D eigenvalue weighted by Crippen LogP contribution is 2.45. The van der Waals surface area contributed by atoms with E-state index in [2.05, 4.69) is 10.1 Å². The molecule has 1 aromatic rings. The molecule has 0 spiro atoms. The second-order valence-corrected chi connectivity index (χ2v) is 9.33. The van der Waals surface area contributed by atoms with E-state index in [0.29, 0.717) is 0 Å². The molecule has 1 amide bonds. The quantitative estimate of drug-likeness (QED) is 0.818. The van der Waals surface area contributed by atoms with Gasteiger partial charge in [-0.25, -0.2) is 13.2 Å². The van der Waals surface area contributed by atoms with Crippen molar-refractivity contribution < 1.29 is 27.5 Å². The normalized spacial score (nSPS) is 23.3. The minimum atomic E-state index is -3.91. The van der Waals surface area contributed by atoms with Gasteiger partial charge in [0.05, 0.1) is 17.9 Å². The summed E-state index contributed by atoms with van der Waals surface area (Å²) in [5.74, 6) is -1.08. The van der Waals surface area contributed by atoms with E-state index in [4.69, 9.17) is 4.74 Å². The number of benzene rings is 1. The lowest BCUT2D eigenvalue weighted by molar-refractivity contribution is -0.149. The molecule has 0 unspecified atom stereocenters. The van der Waals surface area contributed by atoms with Gasteiger partial charge in [0.25, 0.3) is 0 Å². The topological polar surface area (TPSA) is 98.8 Å². The number of methoxy groups -OCH3 is 1. The molecule has 138 valence electrons. The first kappa shape index (κ1) is 19.2. The molecule has 0 atom stereocenters. The van der Waals surface area contributed by atoms with Gasteiger partial charge in [-0.05, 0) is 45.7 Å². The third-order valence-electron chi connectivity index (χ3n) is 3.98. The van der Waals surface area contributed by atoms with Crippen molar-refractivity contribution in [3.05, 3.63) is 30.3 Å². The molecule has 0 aromatic heterocycles. The van der Waals surface area contributed by atoms with E-state index >= 15 is 0 Å². The summed E-state index contributed by atoms with van der Waals surface area (Å²) < 4.78 is 36.0. The van der Waals surface area contributed by atoms with E-state index in [1.807, 2.05) is 0 Å². The first-order valence-corrected chi connectivity index (χ1v) is 9.38. The largest absolute Gasteiger partial charge is 0.469 e. The maximum atomic E-state index is 13.1. The highest BCUT2D eigenvalue weighted by atomic mass is 32.2. The minimum absolute atomic E-state index is 0.0594. The summed E-state index contributed by atoms with van der Waals surface area (Å²) in [5, 5.41) is 2.48. The Morgan fingerprint density at radius 2 is 1.72 bits per heavy atom. The fourth-order valence-corrected chi connectivity index (χ4v) is 4.80. The van der Waals surface area contributed by atoms with Gasteiger partial charge in [-0.1, -0.05) is 18.2 Å². The van der Waals surface area contributed by atoms with Crippen LogP contribution in [0.3, 0.4) is 0 Å². The zero-order valence-electron chi connectivity index (χ0n) is 14.7. The summed E-state index contributed by atoms with van der Waals surface area (Å²) in [5.41, 5.74) is -0.771. The van der Waals surface area contributed by atoms with E-state index in [1.165, 1.54) is 19.2 Å². The SMILES string of the molecule is COC(=O)C1CC(NC(=O)OC(C)(C)C)(S(=O)(=O)c2ccccc2)C1. The summed E-state index contributed by atoms with van der Waals surface area (Å²) in [4.78, 5) is 22.4. The van der Waals surface area contributed by atoms with Crippen LogP contribution >= 0.6 is 0 Å². The molecule has 1 saturated carbocycles. The van der Waals surface area contributed by atoms with Crippen molar-refractivity contribution in [2.75, 3.05) is 7.11 Å².